The van der Waals surface area contributed by atoms with Gasteiger partial charge in [0.25, 0.3) is 0 Å². The average Bonchev–Trinajstić information content (AvgIpc) is 2.85. The molecule has 22 heavy (non-hydrogen) atoms. The Hall–Kier alpha value is -1.79. The lowest BCUT2D eigenvalue weighted by atomic mass is 10.1. The Balaban J connectivity index is 1.73. The van der Waals surface area contributed by atoms with Crippen LogP contribution in [-0.2, 0) is 6.54 Å². The molecule has 1 aliphatic rings. The van der Waals surface area contributed by atoms with Gasteiger partial charge in [0.1, 0.15) is 11.5 Å². The van der Waals surface area contributed by atoms with Crippen molar-refractivity contribution >= 4 is 0 Å². The van der Waals surface area contributed by atoms with Crippen LogP contribution in [0.3, 0.4) is 0 Å². The topological polar surface area (TPSA) is 33.1 Å². The highest BCUT2D eigenvalue weighted by Gasteiger charge is 2.21. The predicted molar refractivity (Wildman–Crippen MR) is 80.8 cm³/mol. The first-order valence-corrected chi connectivity index (χ1v) is 7.49. The average molecular weight is 306 g/mol. The first-order chi connectivity index (χ1) is 10.5. The first kappa shape index (κ1) is 15.1. The summed E-state index contributed by atoms with van der Waals surface area (Å²) >= 11 is 0. The van der Waals surface area contributed by atoms with Crippen molar-refractivity contribution in [3.8, 4) is 5.69 Å². The first-order valence-electron chi connectivity index (χ1n) is 7.49. The molecule has 4 nitrogen and oxygen atoms in total. The lowest BCUT2D eigenvalue weighted by Crippen LogP contribution is -2.53. The van der Waals surface area contributed by atoms with E-state index in [2.05, 4.69) is 29.2 Å². The minimum Gasteiger partial charge on any atom is -0.309 e. The highest BCUT2D eigenvalue weighted by Crippen LogP contribution is 2.15. The number of nitrogens with zero attached hydrogens (tertiary/aromatic N) is 3. The molecule has 1 fully saturated rings. The second kappa shape index (κ2) is 6.14. The molecule has 1 aliphatic heterocycles. The van der Waals surface area contributed by atoms with Crippen LogP contribution in [0.15, 0.2) is 30.5 Å². The molecule has 1 saturated heterocycles. The number of halogens is 2. The standard InChI is InChI=1S/C16H20F2N4/c1-11-8-21(9-12(2)19-11)10-14-5-6-22(20-14)16-4-3-13(17)7-15(16)18/h3-7,11-12,19H,8-10H2,1-2H3. The fourth-order valence-electron chi connectivity index (χ4n) is 3.05. The minimum absolute atomic E-state index is 0.259. The van der Waals surface area contributed by atoms with Crippen molar-refractivity contribution in [2.45, 2.75) is 32.5 Å². The molecule has 1 aromatic carbocycles. The van der Waals surface area contributed by atoms with E-state index in [1.807, 2.05) is 6.07 Å². The van der Waals surface area contributed by atoms with E-state index in [0.717, 1.165) is 31.4 Å². The summed E-state index contributed by atoms with van der Waals surface area (Å²) in [5.74, 6) is -1.20. The van der Waals surface area contributed by atoms with Crippen LogP contribution < -0.4 is 5.32 Å². The van der Waals surface area contributed by atoms with E-state index in [1.54, 1.807) is 6.20 Å². The Kier molecular flexibility index (Phi) is 4.22. The summed E-state index contributed by atoms with van der Waals surface area (Å²) in [6.45, 7) is 6.97. The van der Waals surface area contributed by atoms with Crippen LogP contribution >= 0.6 is 0 Å². The maximum atomic E-state index is 13.8. The Labute approximate surface area is 128 Å². The Morgan fingerprint density at radius 2 is 1.91 bits per heavy atom. The van der Waals surface area contributed by atoms with Gasteiger partial charge in [0.05, 0.1) is 5.69 Å². The van der Waals surface area contributed by atoms with E-state index in [4.69, 9.17) is 0 Å². The normalized spacial score (nSPS) is 22.9. The maximum Gasteiger partial charge on any atom is 0.151 e. The van der Waals surface area contributed by atoms with Crippen LogP contribution in [-0.4, -0.2) is 39.9 Å². The van der Waals surface area contributed by atoms with Crippen LogP contribution in [0.25, 0.3) is 5.69 Å². The van der Waals surface area contributed by atoms with E-state index in [-0.39, 0.29) is 5.69 Å². The van der Waals surface area contributed by atoms with Gasteiger partial charge in [0.2, 0.25) is 0 Å². The number of piperazine rings is 1. The Morgan fingerprint density at radius 3 is 2.59 bits per heavy atom. The molecule has 2 aromatic rings. The summed E-state index contributed by atoms with van der Waals surface area (Å²) in [5.41, 5.74) is 1.14. The molecule has 1 aromatic heterocycles. The highest BCUT2D eigenvalue weighted by molar-refractivity contribution is 5.33. The molecule has 3 rings (SSSR count). The van der Waals surface area contributed by atoms with Gasteiger partial charge in [-0.2, -0.15) is 5.10 Å². The zero-order valence-electron chi connectivity index (χ0n) is 12.8. The Bertz CT molecular complexity index is 645. The molecule has 0 radical (unpaired) electrons. The molecule has 118 valence electrons. The summed E-state index contributed by atoms with van der Waals surface area (Å²) in [5, 5.41) is 7.89. The molecular formula is C16H20F2N4. The largest absolute Gasteiger partial charge is 0.309 e. The summed E-state index contributed by atoms with van der Waals surface area (Å²) in [6, 6.07) is 6.27. The van der Waals surface area contributed by atoms with Gasteiger partial charge in [-0.05, 0) is 32.0 Å². The molecule has 0 spiro atoms. The number of hydrogen-bond donors (Lipinski definition) is 1. The lowest BCUT2D eigenvalue weighted by Gasteiger charge is -2.35. The zero-order valence-corrected chi connectivity index (χ0v) is 12.8. The van der Waals surface area contributed by atoms with E-state index in [9.17, 15) is 8.78 Å². The number of nitrogens with one attached hydrogen (secondary N) is 1. The van der Waals surface area contributed by atoms with Gasteiger partial charge in [-0.15, -0.1) is 0 Å². The third-order valence-electron chi connectivity index (χ3n) is 3.82. The smallest absolute Gasteiger partial charge is 0.151 e. The van der Waals surface area contributed by atoms with Crippen LogP contribution in [0.5, 0.6) is 0 Å². The van der Waals surface area contributed by atoms with Gasteiger partial charge in [0.15, 0.2) is 5.82 Å². The second-order valence-corrected chi connectivity index (χ2v) is 6.01. The van der Waals surface area contributed by atoms with E-state index in [1.165, 1.54) is 16.8 Å². The third-order valence-corrected chi connectivity index (χ3v) is 3.82. The van der Waals surface area contributed by atoms with Crippen molar-refractivity contribution in [2.75, 3.05) is 13.1 Å². The van der Waals surface area contributed by atoms with Crippen LogP contribution in [0.1, 0.15) is 19.5 Å². The van der Waals surface area contributed by atoms with Gasteiger partial charge >= 0.3 is 0 Å². The lowest BCUT2D eigenvalue weighted by molar-refractivity contribution is 0.165. The SMILES string of the molecule is CC1CN(Cc2ccn(-c3ccc(F)cc3F)n2)CC(C)N1. The van der Waals surface area contributed by atoms with E-state index >= 15 is 0 Å². The second-order valence-electron chi connectivity index (χ2n) is 6.01. The van der Waals surface area contributed by atoms with E-state index in [0.29, 0.717) is 12.1 Å². The van der Waals surface area contributed by atoms with Crippen molar-refractivity contribution < 1.29 is 8.78 Å². The minimum atomic E-state index is -0.612. The number of aromatic nitrogens is 2. The predicted octanol–water partition coefficient (Wildman–Crippen LogP) is 2.33. The van der Waals surface area contributed by atoms with Crippen molar-refractivity contribution in [3.63, 3.8) is 0 Å². The summed E-state index contributed by atoms with van der Waals surface area (Å²) in [7, 11) is 0. The van der Waals surface area contributed by atoms with Crippen LogP contribution in [0.4, 0.5) is 8.78 Å². The molecule has 0 amide bonds. The third kappa shape index (κ3) is 3.34. The molecule has 0 bridgehead atoms. The fraction of sp³-hybridized carbons (Fsp3) is 0.438. The van der Waals surface area contributed by atoms with Gasteiger partial charge in [-0.25, -0.2) is 13.5 Å². The van der Waals surface area contributed by atoms with Crippen LogP contribution in [0, 0.1) is 11.6 Å². The van der Waals surface area contributed by atoms with Gasteiger partial charge in [-0.1, -0.05) is 0 Å². The molecule has 2 atom stereocenters. The van der Waals surface area contributed by atoms with Crippen molar-refractivity contribution in [1.29, 1.82) is 0 Å². The van der Waals surface area contributed by atoms with Gasteiger partial charge < -0.3 is 5.32 Å². The number of rotatable bonds is 3. The van der Waals surface area contributed by atoms with Crippen molar-refractivity contribution in [1.82, 2.24) is 20.0 Å². The number of hydrogen-bond acceptors (Lipinski definition) is 3. The molecule has 6 heteroatoms. The van der Waals surface area contributed by atoms with Crippen LogP contribution in [0.2, 0.25) is 0 Å². The molecule has 2 heterocycles. The fourth-order valence-corrected chi connectivity index (χ4v) is 3.05. The molecular weight excluding hydrogens is 286 g/mol. The summed E-state index contributed by atoms with van der Waals surface area (Å²) < 4.78 is 28.2. The maximum absolute atomic E-state index is 13.8. The molecule has 0 aliphatic carbocycles. The number of benzene rings is 1. The highest BCUT2D eigenvalue weighted by atomic mass is 19.1. The van der Waals surface area contributed by atoms with Gasteiger partial charge in [-0.3, -0.25) is 4.90 Å². The van der Waals surface area contributed by atoms with Gasteiger partial charge in [0, 0.05) is 44.0 Å². The summed E-state index contributed by atoms with van der Waals surface area (Å²) in [4.78, 5) is 2.33. The van der Waals surface area contributed by atoms with Crippen molar-refractivity contribution in [2.24, 2.45) is 0 Å². The van der Waals surface area contributed by atoms with E-state index < -0.39 is 11.6 Å². The molecule has 1 N–H and O–H groups in total. The quantitative estimate of drug-likeness (QED) is 0.945. The monoisotopic (exact) mass is 306 g/mol. The molecule has 2 unspecified atom stereocenters. The Morgan fingerprint density at radius 1 is 1.18 bits per heavy atom. The molecule has 0 saturated carbocycles. The van der Waals surface area contributed by atoms with Crippen molar-refractivity contribution in [3.05, 3.63) is 47.8 Å². The summed E-state index contributed by atoms with van der Waals surface area (Å²) in [6.07, 6.45) is 1.71. The zero-order chi connectivity index (χ0) is 15.7.